The minimum Gasteiger partial charge on any atom is -0.497 e. The Morgan fingerprint density at radius 3 is 2.34 bits per heavy atom. The van der Waals surface area contributed by atoms with Gasteiger partial charge in [-0.2, -0.15) is 4.31 Å². The fourth-order valence-corrected chi connectivity index (χ4v) is 5.28. The Labute approximate surface area is 204 Å². The SMILES string of the molecule is COc1ccc2[nH]c(=O)c(CN(CCc3ccccc3)S(=O)(=O)c3ccc(C(C)=O)cc3)cc2c1. The van der Waals surface area contributed by atoms with E-state index in [4.69, 9.17) is 4.74 Å². The largest absolute Gasteiger partial charge is 0.497 e. The number of benzene rings is 3. The van der Waals surface area contributed by atoms with Gasteiger partial charge in [0.1, 0.15) is 5.75 Å². The standard InChI is InChI=1S/C27H26N2O5S/c1-19(30)21-8-11-25(12-9-21)35(32,33)29(15-14-20-6-4-3-5-7-20)18-23-16-22-17-24(34-2)10-13-26(22)28-27(23)31/h3-13,16-17H,14-15,18H2,1-2H3,(H,28,31). The molecule has 1 heterocycles. The number of rotatable bonds is 9. The molecule has 7 nitrogen and oxygen atoms in total. The van der Waals surface area contributed by atoms with Crippen LogP contribution in [0.2, 0.25) is 0 Å². The predicted octanol–water partition coefficient (Wildman–Crippen LogP) is 4.17. The zero-order chi connectivity index (χ0) is 25.0. The molecule has 8 heteroatoms. The molecule has 0 radical (unpaired) electrons. The lowest BCUT2D eigenvalue weighted by Gasteiger charge is -2.22. The summed E-state index contributed by atoms with van der Waals surface area (Å²) in [5.74, 6) is 0.489. The number of hydrogen-bond acceptors (Lipinski definition) is 5. The number of Topliss-reactive ketones (excluding diaryl/α,β-unsaturated/α-hetero) is 1. The molecule has 180 valence electrons. The summed E-state index contributed by atoms with van der Waals surface area (Å²) in [6.45, 7) is 1.50. The zero-order valence-corrected chi connectivity index (χ0v) is 20.3. The van der Waals surface area contributed by atoms with E-state index in [0.717, 1.165) is 10.9 Å². The van der Waals surface area contributed by atoms with Crippen molar-refractivity contribution in [1.82, 2.24) is 9.29 Å². The third-order valence-corrected chi connectivity index (χ3v) is 7.73. The van der Waals surface area contributed by atoms with Crippen LogP contribution in [0.1, 0.15) is 28.4 Å². The number of sulfonamides is 1. The van der Waals surface area contributed by atoms with Crippen molar-refractivity contribution in [2.45, 2.75) is 24.8 Å². The Morgan fingerprint density at radius 1 is 0.971 bits per heavy atom. The van der Waals surface area contributed by atoms with Crippen LogP contribution in [0, 0.1) is 0 Å². The molecule has 4 aromatic rings. The van der Waals surface area contributed by atoms with Gasteiger partial charge in [0.25, 0.3) is 5.56 Å². The number of ketones is 1. The number of hydrogen-bond donors (Lipinski definition) is 1. The third-order valence-electron chi connectivity index (χ3n) is 5.87. The molecule has 4 rings (SSSR count). The number of pyridine rings is 1. The van der Waals surface area contributed by atoms with Crippen molar-refractivity contribution in [2.75, 3.05) is 13.7 Å². The van der Waals surface area contributed by atoms with E-state index in [-0.39, 0.29) is 29.3 Å². The summed E-state index contributed by atoms with van der Waals surface area (Å²) < 4.78 is 33.8. The second kappa shape index (κ2) is 10.2. The minimum absolute atomic E-state index is 0.0643. The summed E-state index contributed by atoms with van der Waals surface area (Å²) in [7, 11) is -2.39. The van der Waals surface area contributed by atoms with Gasteiger partial charge in [-0.15, -0.1) is 0 Å². The van der Waals surface area contributed by atoms with Crippen LogP contribution in [0.3, 0.4) is 0 Å². The monoisotopic (exact) mass is 490 g/mol. The van der Waals surface area contributed by atoms with E-state index < -0.39 is 10.0 Å². The highest BCUT2D eigenvalue weighted by atomic mass is 32.2. The molecule has 0 saturated heterocycles. The number of aromatic nitrogens is 1. The number of carbonyl (C=O) groups excluding carboxylic acids is 1. The normalized spacial score (nSPS) is 11.6. The number of fused-ring (bicyclic) bond motifs is 1. The molecule has 0 fully saturated rings. The van der Waals surface area contributed by atoms with Crippen LogP contribution in [0.5, 0.6) is 5.75 Å². The van der Waals surface area contributed by atoms with Crippen LogP contribution < -0.4 is 10.3 Å². The maximum absolute atomic E-state index is 13.6. The first-order valence-electron chi connectivity index (χ1n) is 11.1. The smallest absolute Gasteiger partial charge is 0.252 e. The lowest BCUT2D eigenvalue weighted by Crippen LogP contribution is -2.34. The quantitative estimate of drug-likeness (QED) is 0.355. The van der Waals surface area contributed by atoms with Gasteiger partial charge < -0.3 is 9.72 Å². The highest BCUT2D eigenvalue weighted by Crippen LogP contribution is 2.22. The maximum Gasteiger partial charge on any atom is 0.252 e. The van der Waals surface area contributed by atoms with Crippen LogP contribution >= 0.6 is 0 Å². The fourth-order valence-electron chi connectivity index (χ4n) is 3.86. The van der Waals surface area contributed by atoms with E-state index >= 15 is 0 Å². The lowest BCUT2D eigenvalue weighted by atomic mass is 10.1. The molecule has 35 heavy (non-hydrogen) atoms. The first-order chi connectivity index (χ1) is 16.8. The van der Waals surface area contributed by atoms with Crippen LogP contribution in [0.4, 0.5) is 0 Å². The Morgan fingerprint density at radius 2 is 1.69 bits per heavy atom. The topological polar surface area (TPSA) is 96.5 Å². The molecule has 0 unspecified atom stereocenters. The Kier molecular flexibility index (Phi) is 7.14. The van der Waals surface area contributed by atoms with Crippen LogP contribution in [-0.4, -0.2) is 37.1 Å². The molecule has 0 amide bonds. The van der Waals surface area contributed by atoms with Crippen molar-refractivity contribution in [1.29, 1.82) is 0 Å². The van der Waals surface area contributed by atoms with Crippen molar-refractivity contribution in [2.24, 2.45) is 0 Å². The Bertz CT molecular complexity index is 1510. The maximum atomic E-state index is 13.6. The van der Waals surface area contributed by atoms with Gasteiger partial charge in [0.15, 0.2) is 5.78 Å². The summed E-state index contributed by atoms with van der Waals surface area (Å²) >= 11 is 0. The van der Waals surface area contributed by atoms with Crippen molar-refractivity contribution in [3.05, 3.63) is 106 Å². The van der Waals surface area contributed by atoms with Crippen LogP contribution in [-0.2, 0) is 23.0 Å². The molecule has 0 aliphatic carbocycles. The molecule has 0 aliphatic rings. The predicted molar refractivity (Wildman–Crippen MR) is 135 cm³/mol. The molecule has 0 saturated carbocycles. The summed E-state index contributed by atoms with van der Waals surface area (Å²) in [4.78, 5) is 27.4. The zero-order valence-electron chi connectivity index (χ0n) is 19.5. The van der Waals surface area contributed by atoms with Gasteiger partial charge in [0, 0.05) is 35.1 Å². The second-order valence-electron chi connectivity index (χ2n) is 8.23. The molecular formula is C27H26N2O5S. The van der Waals surface area contributed by atoms with E-state index in [2.05, 4.69) is 4.98 Å². The van der Waals surface area contributed by atoms with E-state index in [0.29, 0.717) is 28.8 Å². The summed E-state index contributed by atoms with van der Waals surface area (Å²) in [5, 5.41) is 0.741. The molecule has 1 aromatic heterocycles. The molecule has 0 bridgehead atoms. The van der Waals surface area contributed by atoms with Crippen LogP contribution in [0.15, 0.2) is 88.6 Å². The number of nitrogens with one attached hydrogen (secondary N) is 1. The molecular weight excluding hydrogens is 464 g/mol. The highest BCUT2D eigenvalue weighted by molar-refractivity contribution is 7.89. The number of H-pyrrole nitrogens is 1. The average Bonchev–Trinajstić information content (AvgIpc) is 2.87. The average molecular weight is 491 g/mol. The first kappa shape index (κ1) is 24.4. The van der Waals surface area contributed by atoms with Gasteiger partial charge in [-0.3, -0.25) is 9.59 Å². The molecule has 0 aliphatic heterocycles. The first-order valence-corrected chi connectivity index (χ1v) is 12.6. The number of ether oxygens (including phenoxy) is 1. The van der Waals surface area contributed by atoms with E-state index in [1.807, 2.05) is 30.3 Å². The van der Waals surface area contributed by atoms with Gasteiger partial charge in [-0.1, -0.05) is 42.5 Å². The number of aromatic amines is 1. The molecule has 1 N–H and O–H groups in total. The van der Waals surface area contributed by atoms with E-state index in [1.54, 1.807) is 31.4 Å². The van der Waals surface area contributed by atoms with Crippen molar-refractivity contribution in [3.8, 4) is 5.75 Å². The van der Waals surface area contributed by atoms with Crippen molar-refractivity contribution >= 4 is 26.7 Å². The third kappa shape index (κ3) is 5.50. The highest BCUT2D eigenvalue weighted by Gasteiger charge is 2.26. The van der Waals surface area contributed by atoms with Crippen LogP contribution in [0.25, 0.3) is 10.9 Å². The van der Waals surface area contributed by atoms with E-state index in [9.17, 15) is 18.0 Å². The van der Waals surface area contributed by atoms with Crippen molar-refractivity contribution < 1.29 is 17.9 Å². The number of carbonyl (C=O) groups is 1. The van der Waals surface area contributed by atoms with E-state index in [1.165, 1.54) is 35.5 Å². The summed E-state index contributed by atoms with van der Waals surface area (Å²) in [6, 6.07) is 22.4. The van der Waals surface area contributed by atoms with Gasteiger partial charge in [-0.25, -0.2) is 8.42 Å². The van der Waals surface area contributed by atoms with Gasteiger partial charge in [0.05, 0.1) is 12.0 Å². The molecule has 0 spiro atoms. The lowest BCUT2D eigenvalue weighted by molar-refractivity contribution is 0.101. The Balaban J connectivity index is 1.72. The second-order valence-corrected chi connectivity index (χ2v) is 10.2. The Hall–Kier alpha value is -3.75. The minimum atomic E-state index is -3.95. The van der Waals surface area contributed by atoms with Gasteiger partial charge in [-0.05, 0) is 55.3 Å². The van der Waals surface area contributed by atoms with Crippen molar-refractivity contribution in [3.63, 3.8) is 0 Å². The molecule has 3 aromatic carbocycles. The number of methoxy groups -OCH3 is 1. The van der Waals surface area contributed by atoms with Gasteiger partial charge in [0.2, 0.25) is 10.0 Å². The number of nitrogens with zero attached hydrogens (tertiary/aromatic N) is 1. The molecule has 0 atom stereocenters. The van der Waals surface area contributed by atoms with Gasteiger partial charge >= 0.3 is 0 Å². The summed E-state index contributed by atoms with van der Waals surface area (Å²) in [5.41, 5.74) is 2.02. The fraction of sp³-hybridized carbons (Fsp3) is 0.185. The summed E-state index contributed by atoms with van der Waals surface area (Å²) in [6.07, 6.45) is 0.477.